The Hall–Kier alpha value is -2.05. The highest BCUT2D eigenvalue weighted by Gasteiger charge is 2.14. The molecule has 0 fully saturated rings. The van der Waals surface area contributed by atoms with Gasteiger partial charge in [0.05, 0.1) is 19.4 Å². The molecular formula is C18H17BrClNO4. The molecule has 0 unspecified atom stereocenters. The van der Waals surface area contributed by atoms with E-state index in [4.69, 9.17) is 25.8 Å². The van der Waals surface area contributed by atoms with Gasteiger partial charge in [-0.05, 0) is 37.3 Å². The number of rotatable bonds is 7. The smallest absolute Gasteiger partial charge is 0.344 e. The molecule has 0 aliphatic rings. The second kappa shape index (κ2) is 9.44. The predicted molar refractivity (Wildman–Crippen MR) is 102 cm³/mol. The molecule has 0 amide bonds. The molecule has 0 heterocycles. The third kappa shape index (κ3) is 5.76. The Labute approximate surface area is 159 Å². The third-order valence-corrected chi connectivity index (χ3v) is 3.76. The second-order valence-electron chi connectivity index (χ2n) is 4.86. The van der Waals surface area contributed by atoms with Crippen LogP contribution in [-0.2, 0) is 9.53 Å². The quantitative estimate of drug-likeness (QED) is 0.471. The molecule has 2 aromatic rings. The molecule has 0 spiro atoms. The zero-order valence-corrected chi connectivity index (χ0v) is 16.1. The van der Waals surface area contributed by atoms with Crippen molar-refractivity contribution in [1.29, 1.82) is 0 Å². The highest BCUT2D eigenvalue weighted by molar-refractivity contribution is 9.10. The van der Waals surface area contributed by atoms with Crippen LogP contribution in [0.3, 0.4) is 0 Å². The van der Waals surface area contributed by atoms with Crippen molar-refractivity contribution in [2.75, 3.05) is 20.3 Å². The molecule has 0 aliphatic carbocycles. The number of hydrogen-bond acceptors (Lipinski definition) is 5. The number of nitrogens with zero attached hydrogens (tertiary/aromatic N) is 1. The first-order valence-corrected chi connectivity index (χ1v) is 8.66. The average molecular weight is 427 g/mol. The molecule has 0 saturated heterocycles. The molecule has 0 aromatic heterocycles. The fraction of sp³-hybridized carbons (Fsp3) is 0.222. The van der Waals surface area contributed by atoms with Crippen molar-refractivity contribution in [1.82, 2.24) is 0 Å². The number of carbonyl (C=O) groups excluding carboxylic acids is 1. The Morgan fingerprint density at radius 2 is 2.12 bits per heavy atom. The number of carbonyl (C=O) groups is 1. The van der Waals surface area contributed by atoms with Gasteiger partial charge in [0.15, 0.2) is 18.1 Å². The van der Waals surface area contributed by atoms with Gasteiger partial charge in [-0.15, -0.1) is 0 Å². The summed E-state index contributed by atoms with van der Waals surface area (Å²) in [5.41, 5.74) is 1.35. The van der Waals surface area contributed by atoms with Gasteiger partial charge in [-0.2, -0.15) is 0 Å². The standard InChI is InChI=1S/C18H17BrClNO4/c1-3-24-17(22)11-25-18-12(7-13(19)8-16(18)23-2)10-21-15-6-4-5-14(20)9-15/h4-10H,3,11H2,1-2H3. The number of halogens is 2. The normalized spacial score (nSPS) is 10.7. The lowest BCUT2D eigenvalue weighted by Gasteiger charge is -2.13. The molecule has 0 radical (unpaired) electrons. The topological polar surface area (TPSA) is 57.1 Å². The van der Waals surface area contributed by atoms with Crippen molar-refractivity contribution in [3.05, 3.63) is 51.5 Å². The van der Waals surface area contributed by atoms with Gasteiger partial charge in [0.25, 0.3) is 0 Å². The fourth-order valence-electron chi connectivity index (χ4n) is 2.03. The van der Waals surface area contributed by atoms with Crippen LogP contribution in [0.15, 0.2) is 45.9 Å². The van der Waals surface area contributed by atoms with Crippen LogP contribution < -0.4 is 9.47 Å². The second-order valence-corrected chi connectivity index (χ2v) is 6.21. The van der Waals surface area contributed by atoms with Gasteiger partial charge < -0.3 is 14.2 Å². The number of esters is 1. The molecule has 5 nitrogen and oxygen atoms in total. The van der Waals surface area contributed by atoms with Gasteiger partial charge in [0.2, 0.25) is 0 Å². The summed E-state index contributed by atoms with van der Waals surface area (Å²) in [5, 5.41) is 0.597. The number of aliphatic imine (C=N–C) groups is 1. The van der Waals surface area contributed by atoms with Gasteiger partial charge in [-0.3, -0.25) is 4.99 Å². The Bertz CT molecular complexity index is 780. The molecule has 2 rings (SSSR count). The SMILES string of the molecule is CCOC(=O)COc1c(C=Nc2cccc(Cl)c2)cc(Br)cc1OC. The summed E-state index contributed by atoms with van der Waals surface area (Å²) >= 11 is 9.39. The van der Waals surface area contributed by atoms with Crippen molar-refractivity contribution >= 4 is 45.4 Å². The van der Waals surface area contributed by atoms with E-state index in [1.54, 1.807) is 31.3 Å². The van der Waals surface area contributed by atoms with E-state index in [2.05, 4.69) is 20.9 Å². The Balaban J connectivity index is 2.31. The lowest BCUT2D eigenvalue weighted by atomic mass is 10.2. The summed E-state index contributed by atoms with van der Waals surface area (Å²) in [4.78, 5) is 16.0. The maximum absolute atomic E-state index is 11.6. The van der Waals surface area contributed by atoms with Crippen LogP contribution in [0.1, 0.15) is 12.5 Å². The molecule has 0 N–H and O–H groups in total. The summed E-state index contributed by atoms with van der Waals surface area (Å²) in [6, 6.07) is 10.7. The Morgan fingerprint density at radius 3 is 2.80 bits per heavy atom. The summed E-state index contributed by atoms with van der Waals surface area (Å²) in [6.45, 7) is 1.81. The first-order chi connectivity index (χ1) is 12.0. The molecular weight excluding hydrogens is 410 g/mol. The van der Waals surface area contributed by atoms with Crippen LogP contribution in [0.4, 0.5) is 5.69 Å². The van der Waals surface area contributed by atoms with E-state index in [1.807, 2.05) is 18.2 Å². The van der Waals surface area contributed by atoms with Crippen molar-refractivity contribution in [3.63, 3.8) is 0 Å². The van der Waals surface area contributed by atoms with Crippen LogP contribution in [0, 0.1) is 0 Å². The van der Waals surface area contributed by atoms with E-state index in [0.717, 1.165) is 4.47 Å². The van der Waals surface area contributed by atoms with E-state index in [1.165, 1.54) is 7.11 Å². The Kier molecular flexibility index (Phi) is 7.28. The van der Waals surface area contributed by atoms with Crippen molar-refractivity contribution < 1.29 is 19.0 Å². The molecule has 0 bridgehead atoms. The van der Waals surface area contributed by atoms with E-state index in [0.29, 0.717) is 34.4 Å². The first kappa shape index (κ1) is 19.3. The maximum atomic E-state index is 11.6. The van der Waals surface area contributed by atoms with Gasteiger partial charge in [0.1, 0.15) is 0 Å². The van der Waals surface area contributed by atoms with E-state index in [9.17, 15) is 4.79 Å². The third-order valence-electron chi connectivity index (χ3n) is 3.07. The van der Waals surface area contributed by atoms with E-state index < -0.39 is 5.97 Å². The summed E-state index contributed by atoms with van der Waals surface area (Å²) in [7, 11) is 1.52. The highest BCUT2D eigenvalue weighted by Crippen LogP contribution is 2.34. The van der Waals surface area contributed by atoms with Crippen LogP contribution in [-0.4, -0.2) is 32.5 Å². The van der Waals surface area contributed by atoms with Crippen LogP contribution in [0.25, 0.3) is 0 Å². The monoisotopic (exact) mass is 425 g/mol. The van der Waals surface area contributed by atoms with Crippen LogP contribution >= 0.6 is 27.5 Å². The molecule has 132 valence electrons. The average Bonchev–Trinajstić information content (AvgIpc) is 2.58. The number of hydrogen-bond donors (Lipinski definition) is 0. The summed E-state index contributed by atoms with van der Waals surface area (Å²) < 4.78 is 16.6. The first-order valence-electron chi connectivity index (χ1n) is 7.49. The molecule has 7 heteroatoms. The molecule has 0 atom stereocenters. The van der Waals surface area contributed by atoms with Crippen LogP contribution in [0.5, 0.6) is 11.5 Å². The molecule has 0 aliphatic heterocycles. The zero-order chi connectivity index (χ0) is 18.2. The summed E-state index contributed by atoms with van der Waals surface area (Å²) in [6.07, 6.45) is 1.62. The van der Waals surface area contributed by atoms with E-state index >= 15 is 0 Å². The van der Waals surface area contributed by atoms with Crippen molar-refractivity contribution in [2.45, 2.75) is 6.92 Å². The number of ether oxygens (including phenoxy) is 3. The lowest BCUT2D eigenvalue weighted by Crippen LogP contribution is -2.15. The molecule has 25 heavy (non-hydrogen) atoms. The number of benzene rings is 2. The molecule has 0 saturated carbocycles. The minimum Gasteiger partial charge on any atom is -0.493 e. The fourth-order valence-corrected chi connectivity index (χ4v) is 2.66. The zero-order valence-electron chi connectivity index (χ0n) is 13.8. The highest BCUT2D eigenvalue weighted by atomic mass is 79.9. The van der Waals surface area contributed by atoms with Crippen molar-refractivity contribution in [3.8, 4) is 11.5 Å². The summed E-state index contributed by atoms with van der Waals surface area (Å²) in [5.74, 6) is 0.431. The molecule has 2 aromatic carbocycles. The largest absolute Gasteiger partial charge is 0.493 e. The number of methoxy groups -OCH3 is 1. The van der Waals surface area contributed by atoms with Crippen LogP contribution in [0.2, 0.25) is 5.02 Å². The van der Waals surface area contributed by atoms with E-state index in [-0.39, 0.29) is 6.61 Å². The van der Waals surface area contributed by atoms with Crippen molar-refractivity contribution in [2.24, 2.45) is 4.99 Å². The minimum absolute atomic E-state index is 0.218. The predicted octanol–water partition coefficient (Wildman–Crippen LogP) is 4.80. The maximum Gasteiger partial charge on any atom is 0.344 e. The minimum atomic E-state index is -0.454. The van der Waals surface area contributed by atoms with Gasteiger partial charge in [0, 0.05) is 21.3 Å². The lowest BCUT2D eigenvalue weighted by molar-refractivity contribution is -0.145. The Morgan fingerprint density at radius 1 is 1.32 bits per heavy atom. The van der Waals surface area contributed by atoms with Gasteiger partial charge in [-0.1, -0.05) is 33.6 Å². The van der Waals surface area contributed by atoms with Gasteiger partial charge in [-0.25, -0.2) is 4.79 Å². The van der Waals surface area contributed by atoms with Gasteiger partial charge >= 0.3 is 5.97 Å².